The van der Waals surface area contributed by atoms with Crippen LogP contribution in [0.1, 0.15) is 56.3 Å². The molecule has 1 aromatic rings. The summed E-state index contributed by atoms with van der Waals surface area (Å²) >= 11 is 0. The molecule has 0 radical (unpaired) electrons. The van der Waals surface area contributed by atoms with Crippen LogP contribution in [-0.2, 0) is 14.8 Å². The predicted molar refractivity (Wildman–Crippen MR) is 105 cm³/mol. The Morgan fingerprint density at radius 2 is 1.75 bits per heavy atom. The fourth-order valence-corrected chi connectivity index (χ4v) is 4.62. The molecular formula is C19H29N3O5S. The van der Waals surface area contributed by atoms with Gasteiger partial charge in [0.15, 0.2) is 0 Å². The Balaban J connectivity index is 2.22. The van der Waals surface area contributed by atoms with Crippen molar-refractivity contribution in [2.24, 2.45) is 5.92 Å². The normalized spacial score (nSPS) is 15.7. The van der Waals surface area contributed by atoms with Gasteiger partial charge in [-0.1, -0.05) is 26.7 Å². The molecule has 0 unspecified atom stereocenters. The molecule has 0 aromatic heterocycles. The Bertz CT molecular complexity index is 800. The number of carbonyl (C=O) groups is 2. The number of hydrazine groups is 1. The molecule has 0 aliphatic carbocycles. The number of carbonyl (C=O) groups excluding carboxylic acids is 2. The quantitative estimate of drug-likeness (QED) is 0.697. The first-order valence-electron chi connectivity index (χ1n) is 9.53. The summed E-state index contributed by atoms with van der Waals surface area (Å²) in [5, 5.41) is 0. The summed E-state index contributed by atoms with van der Waals surface area (Å²) in [4.78, 5) is 24.3. The lowest BCUT2D eigenvalue weighted by molar-refractivity contribution is -0.122. The first-order chi connectivity index (χ1) is 13.3. The van der Waals surface area contributed by atoms with E-state index in [0.29, 0.717) is 13.1 Å². The van der Waals surface area contributed by atoms with Crippen LogP contribution in [0.2, 0.25) is 0 Å². The van der Waals surface area contributed by atoms with E-state index in [1.54, 1.807) is 0 Å². The van der Waals surface area contributed by atoms with E-state index in [1.165, 1.54) is 29.6 Å². The highest BCUT2D eigenvalue weighted by Gasteiger charge is 2.27. The van der Waals surface area contributed by atoms with Gasteiger partial charge in [-0.15, -0.1) is 0 Å². The molecule has 0 bridgehead atoms. The van der Waals surface area contributed by atoms with Gasteiger partial charge in [0.2, 0.25) is 15.9 Å². The highest BCUT2D eigenvalue weighted by atomic mass is 32.2. The van der Waals surface area contributed by atoms with Crippen LogP contribution in [0.4, 0.5) is 0 Å². The molecule has 1 saturated heterocycles. The molecular weight excluding hydrogens is 382 g/mol. The molecule has 1 aliphatic rings. The Kier molecular flexibility index (Phi) is 7.82. The number of amides is 2. The number of sulfonamides is 1. The van der Waals surface area contributed by atoms with E-state index in [-0.39, 0.29) is 34.5 Å². The average molecular weight is 412 g/mol. The summed E-state index contributed by atoms with van der Waals surface area (Å²) in [5.74, 6) is -0.587. The molecule has 28 heavy (non-hydrogen) atoms. The summed E-state index contributed by atoms with van der Waals surface area (Å²) in [7, 11) is -2.31. The van der Waals surface area contributed by atoms with Crippen LogP contribution in [0.3, 0.4) is 0 Å². The Hall–Kier alpha value is -2.13. The van der Waals surface area contributed by atoms with Crippen molar-refractivity contribution in [3.05, 3.63) is 23.8 Å². The van der Waals surface area contributed by atoms with Crippen molar-refractivity contribution in [3.63, 3.8) is 0 Å². The predicted octanol–water partition coefficient (Wildman–Crippen LogP) is 2.07. The first-order valence-corrected chi connectivity index (χ1v) is 11.0. The molecule has 0 spiro atoms. The van der Waals surface area contributed by atoms with Gasteiger partial charge in [-0.25, -0.2) is 8.42 Å². The van der Waals surface area contributed by atoms with Gasteiger partial charge in [-0.3, -0.25) is 20.4 Å². The molecule has 0 saturated carbocycles. The van der Waals surface area contributed by atoms with Gasteiger partial charge < -0.3 is 4.74 Å². The lowest BCUT2D eigenvalue weighted by Gasteiger charge is -2.20. The van der Waals surface area contributed by atoms with Crippen molar-refractivity contribution in [2.45, 2.75) is 50.8 Å². The van der Waals surface area contributed by atoms with Gasteiger partial charge in [0.1, 0.15) is 5.75 Å². The van der Waals surface area contributed by atoms with Crippen molar-refractivity contribution in [3.8, 4) is 5.75 Å². The van der Waals surface area contributed by atoms with Gasteiger partial charge in [0.05, 0.1) is 17.6 Å². The summed E-state index contributed by atoms with van der Waals surface area (Å²) in [6.07, 6.45) is 3.94. The largest absolute Gasteiger partial charge is 0.496 e. The van der Waals surface area contributed by atoms with Crippen molar-refractivity contribution >= 4 is 21.8 Å². The van der Waals surface area contributed by atoms with E-state index in [0.717, 1.165) is 25.7 Å². The van der Waals surface area contributed by atoms with E-state index in [9.17, 15) is 18.0 Å². The molecule has 1 heterocycles. The van der Waals surface area contributed by atoms with Gasteiger partial charge in [0, 0.05) is 19.5 Å². The monoisotopic (exact) mass is 411 g/mol. The zero-order chi connectivity index (χ0) is 20.7. The van der Waals surface area contributed by atoms with E-state index >= 15 is 0 Å². The number of benzene rings is 1. The van der Waals surface area contributed by atoms with Crippen LogP contribution in [0.25, 0.3) is 0 Å². The first kappa shape index (κ1) is 22.2. The zero-order valence-corrected chi connectivity index (χ0v) is 17.5. The minimum Gasteiger partial charge on any atom is -0.496 e. The molecule has 156 valence electrons. The van der Waals surface area contributed by atoms with Crippen LogP contribution in [0.5, 0.6) is 5.75 Å². The second-order valence-corrected chi connectivity index (χ2v) is 9.22. The SMILES string of the molecule is COc1ccc(S(=O)(=O)N2CCCCCC2)cc1C(=O)NNC(=O)CC(C)C. The highest BCUT2D eigenvalue weighted by Crippen LogP contribution is 2.26. The fourth-order valence-electron chi connectivity index (χ4n) is 3.07. The summed E-state index contributed by atoms with van der Waals surface area (Å²) in [5.41, 5.74) is 4.70. The van der Waals surface area contributed by atoms with Gasteiger partial charge in [-0.2, -0.15) is 4.31 Å². The Morgan fingerprint density at radius 1 is 1.11 bits per heavy atom. The molecule has 1 aromatic carbocycles. The summed E-state index contributed by atoms with van der Waals surface area (Å²) in [6, 6.07) is 4.19. The lowest BCUT2D eigenvalue weighted by atomic mass is 10.1. The van der Waals surface area contributed by atoms with Crippen molar-refractivity contribution in [2.75, 3.05) is 20.2 Å². The maximum absolute atomic E-state index is 13.0. The molecule has 1 aliphatic heterocycles. The molecule has 9 heteroatoms. The maximum Gasteiger partial charge on any atom is 0.273 e. The van der Waals surface area contributed by atoms with E-state index in [2.05, 4.69) is 10.9 Å². The number of nitrogens with zero attached hydrogens (tertiary/aromatic N) is 1. The smallest absolute Gasteiger partial charge is 0.273 e. The maximum atomic E-state index is 13.0. The van der Waals surface area contributed by atoms with E-state index in [4.69, 9.17) is 4.74 Å². The standard InChI is InChI=1S/C19H29N3O5S/c1-14(2)12-18(23)20-21-19(24)16-13-15(8-9-17(16)27-3)28(25,26)22-10-6-4-5-7-11-22/h8-9,13-14H,4-7,10-12H2,1-3H3,(H,20,23)(H,21,24). The number of ether oxygens (including phenoxy) is 1. The fraction of sp³-hybridized carbons (Fsp3) is 0.579. The second kappa shape index (κ2) is 9.88. The molecule has 2 amide bonds. The number of hydrogen-bond acceptors (Lipinski definition) is 5. The van der Waals surface area contributed by atoms with Crippen LogP contribution in [0.15, 0.2) is 23.1 Å². The van der Waals surface area contributed by atoms with Crippen LogP contribution < -0.4 is 15.6 Å². The number of hydrogen-bond donors (Lipinski definition) is 2. The third-order valence-electron chi connectivity index (χ3n) is 4.53. The number of nitrogens with one attached hydrogen (secondary N) is 2. The van der Waals surface area contributed by atoms with Gasteiger partial charge in [-0.05, 0) is 37.0 Å². The summed E-state index contributed by atoms with van der Waals surface area (Å²) in [6.45, 7) is 4.73. The summed E-state index contributed by atoms with van der Waals surface area (Å²) < 4.78 is 32.6. The van der Waals surface area contributed by atoms with Gasteiger partial charge >= 0.3 is 0 Å². The van der Waals surface area contributed by atoms with Crippen molar-refractivity contribution < 1.29 is 22.7 Å². The Labute approximate surface area is 166 Å². The van der Waals surface area contributed by atoms with Crippen molar-refractivity contribution in [1.29, 1.82) is 0 Å². The molecule has 2 rings (SSSR count). The molecule has 1 fully saturated rings. The highest BCUT2D eigenvalue weighted by molar-refractivity contribution is 7.89. The minimum atomic E-state index is -3.70. The molecule has 2 N–H and O–H groups in total. The topological polar surface area (TPSA) is 105 Å². The van der Waals surface area contributed by atoms with Crippen LogP contribution >= 0.6 is 0 Å². The van der Waals surface area contributed by atoms with Crippen LogP contribution in [-0.4, -0.2) is 44.7 Å². The zero-order valence-electron chi connectivity index (χ0n) is 16.7. The van der Waals surface area contributed by atoms with Gasteiger partial charge in [0.25, 0.3) is 5.91 Å². The molecule has 0 atom stereocenters. The minimum absolute atomic E-state index is 0.0360. The number of rotatable bonds is 6. The average Bonchev–Trinajstić information content (AvgIpc) is 2.95. The van der Waals surface area contributed by atoms with Crippen molar-refractivity contribution in [1.82, 2.24) is 15.2 Å². The number of methoxy groups -OCH3 is 1. The van der Waals surface area contributed by atoms with Crippen LogP contribution in [0, 0.1) is 5.92 Å². The Morgan fingerprint density at radius 3 is 2.32 bits per heavy atom. The third kappa shape index (κ3) is 5.68. The lowest BCUT2D eigenvalue weighted by Crippen LogP contribution is -2.42. The third-order valence-corrected chi connectivity index (χ3v) is 6.42. The second-order valence-electron chi connectivity index (χ2n) is 7.28. The molecule has 8 nitrogen and oxygen atoms in total. The van der Waals surface area contributed by atoms with E-state index in [1.807, 2.05) is 13.8 Å². The van der Waals surface area contributed by atoms with E-state index < -0.39 is 15.9 Å².